The molecule has 3 aromatic heterocycles. The van der Waals surface area contributed by atoms with Gasteiger partial charge in [0.1, 0.15) is 23.2 Å². The molecular weight excluding hydrogens is 748 g/mol. The number of nitrogens with zero attached hydrogens (tertiary/aromatic N) is 6. The lowest BCUT2D eigenvalue weighted by Gasteiger charge is -2.26. The summed E-state index contributed by atoms with van der Waals surface area (Å²) < 4.78 is 53.0. The zero-order chi connectivity index (χ0) is 38.3. The van der Waals surface area contributed by atoms with Crippen molar-refractivity contribution in [3.8, 4) is 11.5 Å². The van der Waals surface area contributed by atoms with Gasteiger partial charge in [0.2, 0.25) is 11.8 Å². The molecule has 3 amide bonds. The molecule has 0 spiro atoms. The van der Waals surface area contributed by atoms with Crippen molar-refractivity contribution in [2.45, 2.75) is 52.3 Å². The number of alkyl halides is 1. The lowest BCUT2D eigenvalue weighted by molar-refractivity contribution is -0.138. The summed E-state index contributed by atoms with van der Waals surface area (Å²) >= 11 is 1.51. The Labute approximate surface area is 318 Å². The average Bonchev–Trinajstić information content (AvgIpc) is 3.94. The Hall–Kier alpha value is -6.07. The summed E-state index contributed by atoms with van der Waals surface area (Å²) in [4.78, 5) is 48.2. The predicted molar refractivity (Wildman–Crippen MR) is 199 cm³/mol. The minimum atomic E-state index is -4.13. The molecule has 6 aromatic rings. The standard InChI is InChI=1S/C38H33FN8O6S2/c1-24(29-17-26-20-40-14-13-28(26)47(29)55(51,52)27-7-3-2-4-8-27)43-37(50)30-19-38(39,22-45-16-15-42-44-45)23-46(30)35(48)21-41-36(49)25-11-12-34-32(18-25)53-31-9-5-6-10-33(31)54-34/h2-18,20,24,30H,19,21-23H2,1H3,(H,41,49)(H,43,50)/t24-,30+,38+/m1/s1. The first-order valence-corrected chi connectivity index (χ1v) is 19.5. The molecule has 2 aliphatic rings. The molecule has 2 aliphatic heterocycles. The van der Waals surface area contributed by atoms with Gasteiger partial charge in [0.05, 0.1) is 57.8 Å². The van der Waals surface area contributed by atoms with E-state index in [4.69, 9.17) is 4.74 Å². The number of aromatic nitrogens is 5. The number of rotatable bonds is 10. The molecule has 1 saturated heterocycles. The van der Waals surface area contributed by atoms with E-state index < -0.39 is 58.6 Å². The molecule has 0 aliphatic carbocycles. The number of carbonyl (C=O) groups is 3. The highest BCUT2D eigenvalue weighted by molar-refractivity contribution is 7.99. The first-order valence-electron chi connectivity index (χ1n) is 17.2. The maximum Gasteiger partial charge on any atom is 0.268 e. The van der Waals surface area contributed by atoms with Gasteiger partial charge in [-0.1, -0.05) is 47.3 Å². The maximum atomic E-state index is 16.6. The minimum Gasteiger partial charge on any atom is -0.455 e. The van der Waals surface area contributed by atoms with Crippen molar-refractivity contribution in [2.75, 3.05) is 13.1 Å². The fourth-order valence-corrected chi connectivity index (χ4v) is 9.44. The zero-order valence-electron chi connectivity index (χ0n) is 29.2. The summed E-state index contributed by atoms with van der Waals surface area (Å²) in [5.41, 5.74) is -1.25. The third-order valence-electron chi connectivity index (χ3n) is 9.49. The van der Waals surface area contributed by atoms with Crippen LogP contribution in [0.3, 0.4) is 0 Å². The fraction of sp³-hybridized carbons (Fsp3) is 0.211. The fourth-order valence-electron chi connectivity index (χ4n) is 6.89. The van der Waals surface area contributed by atoms with Crippen LogP contribution in [0.15, 0.2) is 124 Å². The first-order chi connectivity index (χ1) is 26.5. The molecule has 55 heavy (non-hydrogen) atoms. The van der Waals surface area contributed by atoms with Crippen LogP contribution in [-0.2, 0) is 26.2 Å². The number of ether oxygens (including phenoxy) is 1. The van der Waals surface area contributed by atoms with Crippen LogP contribution in [0, 0.1) is 0 Å². The Morgan fingerprint density at radius 3 is 2.58 bits per heavy atom. The van der Waals surface area contributed by atoms with Gasteiger partial charge in [0.25, 0.3) is 15.9 Å². The number of likely N-dealkylation sites (tertiary alicyclic amines) is 1. The smallest absolute Gasteiger partial charge is 0.268 e. The van der Waals surface area contributed by atoms with Crippen molar-refractivity contribution >= 4 is 50.4 Å². The van der Waals surface area contributed by atoms with Gasteiger partial charge in [-0.2, -0.15) is 0 Å². The SMILES string of the molecule is C[C@@H](NC(=O)[C@@H]1C[C@](F)(Cn2ccnn2)CN1C(=O)CNC(=O)c1ccc2c(c1)Oc1ccccc1S2)c1cc2cnccc2n1S(=O)(=O)c1ccccc1. The first kappa shape index (κ1) is 35.9. The van der Waals surface area contributed by atoms with E-state index in [1.807, 2.05) is 24.3 Å². The lowest BCUT2D eigenvalue weighted by atomic mass is 10.0. The third kappa shape index (κ3) is 7.03. The van der Waals surface area contributed by atoms with Crippen molar-refractivity contribution < 1.29 is 31.9 Å². The summed E-state index contributed by atoms with van der Waals surface area (Å²) in [5, 5.41) is 13.5. The van der Waals surface area contributed by atoms with E-state index in [2.05, 4.69) is 25.9 Å². The van der Waals surface area contributed by atoms with Crippen LogP contribution in [0.1, 0.15) is 35.4 Å². The van der Waals surface area contributed by atoms with E-state index in [0.29, 0.717) is 22.4 Å². The molecule has 5 heterocycles. The Kier molecular flexibility index (Phi) is 9.34. The van der Waals surface area contributed by atoms with Crippen LogP contribution in [-0.4, -0.2) is 79.8 Å². The van der Waals surface area contributed by atoms with E-state index in [-0.39, 0.29) is 29.1 Å². The van der Waals surface area contributed by atoms with Crippen molar-refractivity contribution in [3.05, 3.63) is 121 Å². The molecule has 1 fully saturated rings. The van der Waals surface area contributed by atoms with Crippen LogP contribution in [0.2, 0.25) is 0 Å². The summed E-state index contributed by atoms with van der Waals surface area (Å²) in [5.74, 6) is -0.798. The number of para-hydroxylation sites is 1. The zero-order valence-corrected chi connectivity index (χ0v) is 30.8. The number of amides is 3. The number of fused-ring (bicyclic) bond motifs is 3. The third-order valence-corrected chi connectivity index (χ3v) is 12.4. The largest absolute Gasteiger partial charge is 0.455 e. The number of hydrogen-bond acceptors (Lipinski definition) is 10. The van der Waals surface area contributed by atoms with Crippen molar-refractivity contribution in [1.29, 1.82) is 0 Å². The lowest BCUT2D eigenvalue weighted by Crippen LogP contribution is -2.49. The molecule has 14 nitrogen and oxygen atoms in total. The van der Waals surface area contributed by atoms with Gasteiger partial charge in [-0.25, -0.2) is 21.5 Å². The monoisotopic (exact) mass is 780 g/mol. The summed E-state index contributed by atoms with van der Waals surface area (Å²) in [6, 6.07) is 21.3. The summed E-state index contributed by atoms with van der Waals surface area (Å²) in [7, 11) is -4.13. The number of hydrogen-bond donors (Lipinski definition) is 2. The summed E-state index contributed by atoms with van der Waals surface area (Å²) in [6.07, 6.45) is 5.47. The second-order valence-corrected chi connectivity index (χ2v) is 16.2. The Balaban J connectivity index is 1.02. The van der Waals surface area contributed by atoms with Crippen LogP contribution in [0.4, 0.5) is 4.39 Å². The molecule has 280 valence electrons. The molecule has 3 aromatic carbocycles. The number of carbonyl (C=O) groups excluding carboxylic acids is 3. The molecule has 0 radical (unpaired) electrons. The molecule has 3 atom stereocenters. The van der Waals surface area contributed by atoms with Gasteiger partial charge >= 0.3 is 0 Å². The highest BCUT2D eigenvalue weighted by Crippen LogP contribution is 2.47. The Bertz CT molecular complexity index is 2550. The highest BCUT2D eigenvalue weighted by Gasteiger charge is 2.50. The van der Waals surface area contributed by atoms with E-state index >= 15 is 4.39 Å². The normalized spacial score (nSPS) is 18.2. The Morgan fingerprint density at radius 1 is 1.00 bits per heavy atom. The van der Waals surface area contributed by atoms with Gasteiger partial charge in [0.15, 0.2) is 0 Å². The maximum absolute atomic E-state index is 16.6. The second kappa shape index (κ2) is 14.3. The molecule has 0 unspecified atom stereocenters. The Morgan fingerprint density at radius 2 is 1.78 bits per heavy atom. The molecule has 17 heteroatoms. The van der Waals surface area contributed by atoms with Crippen molar-refractivity contribution in [2.24, 2.45) is 0 Å². The topological polar surface area (TPSA) is 170 Å². The number of halogens is 1. The highest BCUT2D eigenvalue weighted by atomic mass is 32.2. The van der Waals surface area contributed by atoms with Gasteiger partial charge in [0, 0.05) is 36.0 Å². The van der Waals surface area contributed by atoms with Crippen LogP contribution >= 0.6 is 11.8 Å². The molecule has 0 saturated carbocycles. The van der Waals surface area contributed by atoms with Crippen molar-refractivity contribution in [3.63, 3.8) is 0 Å². The minimum absolute atomic E-state index is 0.0427. The van der Waals surface area contributed by atoms with Gasteiger partial charge in [-0.3, -0.25) is 19.4 Å². The van der Waals surface area contributed by atoms with E-state index in [1.165, 1.54) is 53.4 Å². The quantitative estimate of drug-likeness (QED) is 0.198. The molecule has 0 bridgehead atoms. The number of benzene rings is 3. The predicted octanol–water partition coefficient (Wildman–Crippen LogP) is 4.74. The van der Waals surface area contributed by atoms with E-state index in [0.717, 1.165) is 18.7 Å². The van der Waals surface area contributed by atoms with Gasteiger partial charge < -0.3 is 20.3 Å². The van der Waals surface area contributed by atoms with Crippen molar-refractivity contribution in [1.82, 2.24) is 39.5 Å². The van der Waals surface area contributed by atoms with E-state index in [9.17, 15) is 22.8 Å². The van der Waals surface area contributed by atoms with Crippen LogP contribution < -0.4 is 15.4 Å². The average molecular weight is 781 g/mol. The number of pyridine rings is 1. The molecule has 8 rings (SSSR count). The second-order valence-electron chi connectivity index (χ2n) is 13.3. The van der Waals surface area contributed by atoms with Gasteiger partial charge in [-0.05, 0) is 61.5 Å². The molecule has 2 N–H and O–H groups in total. The van der Waals surface area contributed by atoms with E-state index in [1.54, 1.807) is 55.5 Å². The summed E-state index contributed by atoms with van der Waals surface area (Å²) in [6.45, 7) is 0.333. The number of nitrogens with one attached hydrogen (secondary N) is 2. The van der Waals surface area contributed by atoms with Gasteiger partial charge in [-0.15, -0.1) is 5.10 Å². The molecular formula is C38H33FN8O6S2. The van der Waals surface area contributed by atoms with Crippen LogP contribution in [0.5, 0.6) is 11.5 Å². The van der Waals surface area contributed by atoms with Crippen LogP contribution in [0.25, 0.3) is 10.9 Å².